The van der Waals surface area contributed by atoms with Crippen molar-refractivity contribution in [2.75, 3.05) is 39.4 Å². The van der Waals surface area contributed by atoms with Gasteiger partial charge >= 0.3 is 0 Å². The number of rotatable bonds is 5. The molecule has 0 aromatic carbocycles. The highest BCUT2D eigenvalue weighted by Gasteiger charge is 2.09. The number of hydrogen-bond donors (Lipinski definition) is 2. The molecular weight excluding hydrogens is 222 g/mol. The molecule has 0 aromatic heterocycles. The van der Waals surface area contributed by atoms with Gasteiger partial charge in [0.1, 0.15) is 0 Å². The number of morpholine rings is 1. The maximum atomic E-state index is 5.29. The molecule has 5 heteroatoms. The van der Waals surface area contributed by atoms with Crippen LogP contribution >= 0.6 is 12.2 Å². The largest absolute Gasteiger partial charge is 0.379 e. The van der Waals surface area contributed by atoms with Crippen molar-refractivity contribution in [2.24, 2.45) is 0 Å². The highest BCUT2D eigenvalue weighted by molar-refractivity contribution is 7.80. The van der Waals surface area contributed by atoms with Crippen molar-refractivity contribution in [3.05, 3.63) is 0 Å². The van der Waals surface area contributed by atoms with E-state index in [1.807, 2.05) is 0 Å². The maximum absolute atomic E-state index is 5.29. The Balaban J connectivity index is 2.03. The Hall–Kier alpha value is -0.390. The lowest BCUT2D eigenvalue weighted by atomic mass is 10.3. The summed E-state index contributed by atoms with van der Waals surface area (Å²) in [5.41, 5.74) is 0. The minimum atomic E-state index is 0.448. The molecule has 0 spiro atoms. The van der Waals surface area contributed by atoms with Crippen molar-refractivity contribution in [1.82, 2.24) is 15.5 Å². The van der Waals surface area contributed by atoms with E-state index in [4.69, 9.17) is 17.0 Å². The first-order valence-corrected chi connectivity index (χ1v) is 6.47. The minimum absolute atomic E-state index is 0.448. The first kappa shape index (κ1) is 13.7. The van der Waals surface area contributed by atoms with E-state index in [1.54, 1.807) is 0 Å². The second kappa shape index (κ2) is 7.81. The van der Waals surface area contributed by atoms with Crippen molar-refractivity contribution in [3.8, 4) is 0 Å². The molecule has 94 valence electrons. The number of ether oxygens (including phenoxy) is 1. The molecule has 2 N–H and O–H groups in total. The molecule has 1 aliphatic rings. The van der Waals surface area contributed by atoms with Crippen molar-refractivity contribution in [3.63, 3.8) is 0 Å². The lowest BCUT2D eigenvalue weighted by molar-refractivity contribution is 0.0389. The van der Waals surface area contributed by atoms with Gasteiger partial charge in [0.15, 0.2) is 5.11 Å². The second-order valence-electron chi connectivity index (χ2n) is 4.16. The SMILES string of the molecule is CCC(C)NC(=S)NCCN1CCOCC1. The third kappa shape index (κ3) is 5.63. The number of hydrogen-bond acceptors (Lipinski definition) is 3. The third-order valence-electron chi connectivity index (χ3n) is 2.81. The first-order valence-electron chi connectivity index (χ1n) is 6.07. The highest BCUT2D eigenvalue weighted by Crippen LogP contribution is 1.94. The van der Waals surface area contributed by atoms with Gasteiger partial charge in [0.2, 0.25) is 0 Å². The van der Waals surface area contributed by atoms with Gasteiger partial charge in [-0.15, -0.1) is 0 Å². The van der Waals surface area contributed by atoms with Crippen LogP contribution in [0.15, 0.2) is 0 Å². The Bertz CT molecular complexity index is 207. The quantitative estimate of drug-likeness (QED) is 0.693. The van der Waals surface area contributed by atoms with Gasteiger partial charge in [0.05, 0.1) is 13.2 Å². The third-order valence-corrected chi connectivity index (χ3v) is 3.07. The molecule has 16 heavy (non-hydrogen) atoms. The van der Waals surface area contributed by atoms with Crippen molar-refractivity contribution in [2.45, 2.75) is 26.3 Å². The lowest BCUT2D eigenvalue weighted by Crippen LogP contribution is -2.45. The summed E-state index contributed by atoms with van der Waals surface area (Å²) in [5, 5.41) is 7.24. The lowest BCUT2D eigenvalue weighted by Gasteiger charge is -2.26. The standard InChI is InChI=1S/C11H23N3OS/c1-3-10(2)13-11(16)12-4-5-14-6-8-15-9-7-14/h10H,3-9H2,1-2H3,(H2,12,13,16). The fraction of sp³-hybridized carbons (Fsp3) is 0.909. The van der Waals surface area contributed by atoms with E-state index in [-0.39, 0.29) is 0 Å². The van der Waals surface area contributed by atoms with Gasteiger partial charge in [-0.1, -0.05) is 6.92 Å². The van der Waals surface area contributed by atoms with Gasteiger partial charge in [0, 0.05) is 32.2 Å². The summed E-state index contributed by atoms with van der Waals surface area (Å²) in [4.78, 5) is 2.39. The van der Waals surface area contributed by atoms with Gasteiger partial charge in [-0.2, -0.15) is 0 Å². The molecule has 1 atom stereocenters. The Morgan fingerprint density at radius 2 is 2.12 bits per heavy atom. The predicted molar refractivity (Wildman–Crippen MR) is 70.7 cm³/mol. The van der Waals surface area contributed by atoms with E-state index in [9.17, 15) is 0 Å². The fourth-order valence-electron chi connectivity index (χ4n) is 1.53. The molecule has 1 aliphatic heterocycles. The molecule has 0 amide bonds. The molecular formula is C11H23N3OS. The molecule has 0 aromatic rings. The van der Waals surface area contributed by atoms with Crippen molar-refractivity contribution >= 4 is 17.3 Å². The minimum Gasteiger partial charge on any atom is -0.379 e. The monoisotopic (exact) mass is 245 g/mol. The van der Waals surface area contributed by atoms with E-state index in [1.165, 1.54) is 0 Å². The number of thiocarbonyl (C=S) groups is 1. The van der Waals surface area contributed by atoms with Crippen LogP contribution in [0.3, 0.4) is 0 Å². The van der Waals surface area contributed by atoms with E-state index in [2.05, 4.69) is 29.4 Å². The van der Waals surface area contributed by atoms with Crippen LogP contribution in [-0.2, 0) is 4.74 Å². The van der Waals surface area contributed by atoms with Crippen LogP contribution < -0.4 is 10.6 Å². The van der Waals surface area contributed by atoms with Crippen molar-refractivity contribution in [1.29, 1.82) is 0 Å². The van der Waals surface area contributed by atoms with Crippen LogP contribution in [0, 0.1) is 0 Å². The van der Waals surface area contributed by atoms with Crippen LogP contribution in [0.5, 0.6) is 0 Å². The molecule has 1 saturated heterocycles. The zero-order valence-corrected chi connectivity index (χ0v) is 11.1. The fourth-order valence-corrected chi connectivity index (χ4v) is 1.83. The normalized spacial score (nSPS) is 19.1. The summed E-state index contributed by atoms with van der Waals surface area (Å²) in [6.45, 7) is 10.0. The smallest absolute Gasteiger partial charge is 0.166 e. The Morgan fingerprint density at radius 1 is 1.44 bits per heavy atom. The maximum Gasteiger partial charge on any atom is 0.166 e. The van der Waals surface area contributed by atoms with Crippen LogP contribution in [0.1, 0.15) is 20.3 Å². The molecule has 0 saturated carbocycles. The topological polar surface area (TPSA) is 36.5 Å². The number of nitrogens with zero attached hydrogens (tertiary/aromatic N) is 1. The van der Waals surface area contributed by atoms with Gasteiger partial charge in [-0.3, -0.25) is 4.90 Å². The van der Waals surface area contributed by atoms with E-state index in [0.717, 1.165) is 50.9 Å². The van der Waals surface area contributed by atoms with Crippen molar-refractivity contribution < 1.29 is 4.74 Å². The van der Waals surface area contributed by atoms with E-state index < -0.39 is 0 Å². The average molecular weight is 245 g/mol. The molecule has 1 unspecified atom stereocenters. The second-order valence-corrected chi connectivity index (χ2v) is 4.57. The highest BCUT2D eigenvalue weighted by atomic mass is 32.1. The summed E-state index contributed by atoms with van der Waals surface area (Å²) in [7, 11) is 0. The Labute approximate surface area is 104 Å². The predicted octanol–water partition coefficient (Wildman–Crippen LogP) is 0.581. The van der Waals surface area contributed by atoms with Gasteiger partial charge < -0.3 is 15.4 Å². The summed E-state index contributed by atoms with van der Waals surface area (Å²) in [5.74, 6) is 0. The summed E-state index contributed by atoms with van der Waals surface area (Å²) >= 11 is 5.20. The van der Waals surface area contributed by atoms with Gasteiger partial charge in [0.25, 0.3) is 0 Å². The molecule has 4 nitrogen and oxygen atoms in total. The zero-order valence-electron chi connectivity index (χ0n) is 10.3. The molecule has 0 radical (unpaired) electrons. The van der Waals surface area contributed by atoms with Gasteiger partial charge in [-0.25, -0.2) is 0 Å². The Morgan fingerprint density at radius 3 is 2.75 bits per heavy atom. The van der Waals surface area contributed by atoms with E-state index in [0.29, 0.717) is 6.04 Å². The molecule has 1 heterocycles. The average Bonchev–Trinajstić information content (AvgIpc) is 2.30. The van der Waals surface area contributed by atoms with Crippen LogP contribution in [0.2, 0.25) is 0 Å². The first-order chi connectivity index (χ1) is 7.72. The van der Waals surface area contributed by atoms with Crippen LogP contribution in [0.4, 0.5) is 0 Å². The van der Waals surface area contributed by atoms with Crippen LogP contribution in [-0.4, -0.2) is 55.4 Å². The molecule has 1 fully saturated rings. The number of nitrogens with one attached hydrogen (secondary N) is 2. The zero-order chi connectivity index (χ0) is 11.8. The van der Waals surface area contributed by atoms with Gasteiger partial charge in [-0.05, 0) is 25.6 Å². The summed E-state index contributed by atoms with van der Waals surface area (Å²) < 4.78 is 5.29. The van der Waals surface area contributed by atoms with Crippen LogP contribution in [0.25, 0.3) is 0 Å². The molecule has 0 bridgehead atoms. The van der Waals surface area contributed by atoms with E-state index >= 15 is 0 Å². The molecule has 1 rings (SSSR count). The summed E-state index contributed by atoms with van der Waals surface area (Å²) in [6, 6.07) is 0.448. The Kier molecular flexibility index (Phi) is 6.68. The molecule has 0 aliphatic carbocycles. The summed E-state index contributed by atoms with van der Waals surface area (Å²) in [6.07, 6.45) is 1.09.